The lowest BCUT2D eigenvalue weighted by Gasteiger charge is -2.34. The van der Waals surface area contributed by atoms with E-state index in [4.69, 9.17) is 0 Å². The molecule has 0 atom stereocenters. The van der Waals surface area contributed by atoms with E-state index in [1.807, 2.05) is 61.2 Å². The van der Waals surface area contributed by atoms with Gasteiger partial charge in [-0.15, -0.1) is 6.58 Å². The Labute approximate surface area is 160 Å². The topological polar surface area (TPSA) is 45.6 Å². The lowest BCUT2D eigenvalue weighted by molar-refractivity contribution is 0.0624. The van der Waals surface area contributed by atoms with Gasteiger partial charge in [0.05, 0.1) is 6.54 Å². The van der Waals surface area contributed by atoms with Gasteiger partial charge in [-0.25, -0.2) is 0 Å². The molecule has 0 saturated carbocycles. The third-order valence-electron chi connectivity index (χ3n) is 5.23. The number of piperazine rings is 1. The molecule has 142 valence electrons. The fraction of sp³-hybridized carbons (Fsp3) is 0.364. The van der Waals surface area contributed by atoms with Crippen LogP contribution in [-0.4, -0.2) is 58.8 Å². The molecule has 0 N–H and O–H groups in total. The predicted octanol–water partition coefficient (Wildman–Crippen LogP) is 2.93. The fourth-order valence-electron chi connectivity index (χ4n) is 3.65. The van der Waals surface area contributed by atoms with Crippen LogP contribution in [0.15, 0.2) is 49.1 Å². The summed E-state index contributed by atoms with van der Waals surface area (Å²) in [6, 6.07) is 11.3. The van der Waals surface area contributed by atoms with Gasteiger partial charge in [0.15, 0.2) is 5.78 Å². The zero-order valence-corrected chi connectivity index (χ0v) is 16.1. The number of hydrogen-bond donors (Lipinski definition) is 0. The molecule has 0 radical (unpaired) electrons. The Morgan fingerprint density at radius 3 is 2.37 bits per heavy atom. The Balaban J connectivity index is 1.58. The fourth-order valence-corrected chi connectivity index (χ4v) is 3.65. The molecule has 1 saturated heterocycles. The highest BCUT2D eigenvalue weighted by Crippen LogP contribution is 2.17. The van der Waals surface area contributed by atoms with Crippen molar-refractivity contribution in [2.24, 2.45) is 0 Å². The monoisotopic (exact) mass is 365 g/mol. The van der Waals surface area contributed by atoms with Gasteiger partial charge < -0.3 is 9.47 Å². The Kier molecular flexibility index (Phi) is 5.91. The normalized spacial score (nSPS) is 15.0. The van der Waals surface area contributed by atoms with Crippen molar-refractivity contribution in [2.45, 2.75) is 20.4 Å². The standard InChI is InChI=1S/C22H27N3O2/c1-4-10-25-17(2)15-20(18(25)3)21(26)16-23-11-13-24(14-12-23)22(27)19-8-6-5-7-9-19/h4-9,15H,1,10-14,16H2,2-3H3. The second kappa shape index (κ2) is 8.35. The van der Waals surface area contributed by atoms with Gasteiger partial charge in [0.1, 0.15) is 0 Å². The lowest BCUT2D eigenvalue weighted by Crippen LogP contribution is -2.49. The molecule has 1 fully saturated rings. The number of aromatic nitrogens is 1. The Morgan fingerprint density at radius 1 is 1.07 bits per heavy atom. The smallest absolute Gasteiger partial charge is 0.253 e. The molecule has 1 aromatic carbocycles. The first kappa shape index (κ1) is 19.1. The Bertz CT molecular complexity index is 831. The van der Waals surface area contributed by atoms with Gasteiger partial charge in [0.2, 0.25) is 0 Å². The van der Waals surface area contributed by atoms with Crippen molar-refractivity contribution in [3.63, 3.8) is 0 Å². The Hall–Kier alpha value is -2.66. The molecule has 0 bridgehead atoms. The number of nitrogens with zero attached hydrogens (tertiary/aromatic N) is 3. The van der Waals surface area contributed by atoms with Crippen LogP contribution in [-0.2, 0) is 6.54 Å². The van der Waals surface area contributed by atoms with Crippen molar-refractivity contribution >= 4 is 11.7 Å². The first-order chi connectivity index (χ1) is 13.0. The average Bonchev–Trinajstić information content (AvgIpc) is 2.97. The summed E-state index contributed by atoms with van der Waals surface area (Å²) in [4.78, 5) is 29.3. The maximum Gasteiger partial charge on any atom is 0.253 e. The first-order valence-electron chi connectivity index (χ1n) is 9.38. The van der Waals surface area contributed by atoms with E-state index in [0.717, 1.165) is 35.6 Å². The van der Waals surface area contributed by atoms with Gasteiger partial charge in [-0.05, 0) is 32.0 Å². The van der Waals surface area contributed by atoms with Crippen LogP contribution in [0, 0.1) is 13.8 Å². The summed E-state index contributed by atoms with van der Waals surface area (Å²) < 4.78 is 2.11. The molecular formula is C22H27N3O2. The van der Waals surface area contributed by atoms with Crippen molar-refractivity contribution in [3.8, 4) is 0 Å². The lowest BCUT2D eigenvalue weighted by atomic mass is 10.1. The molecule has 0 spiro atoms. The van der Waals surface area contributed by atoms with E-state index in [1.165, 1.54) is 0 Å². The molecule has 5 nitrogen and oxygen atoms in total. The summed E-state index contributed by atoms with van der Waals surface area (Å²) >= 11 is 0. The molecule has 2 heterocycles. The summed E-state index contributed by atoms with van der Waals surface area (Å²) in [5.74, 6) is 0.204. The second-order valence-electron chi connectivity index (χ2n) is 7.04. The number of amides is 1. The molecular weight excluding hydrogens is 338 g/mol. The molecule has 1 aromatic heterocycles. The van der Waals surface area contributed by atoms with Gasteiger partial charge in [0, 0.05) is 55.2 Å². The van der Waals surface area contributed by atoms with E-state index in [2.05, 4.69) is 16.0 Å². The number of carbonyl (C=O) groups is 2. The van der Waals surface area contributed by atoms with E-state index < -0.39 is 0 Å². The van der Waals surface area contributed by atoms with Crippen LogP contribution in [0.3, 0.4) is 0 Å². The van der Waals surface area contributed by atoms with E-state index in [0.29, 0.717) is 26.2 Å². The number of Topliss-reactive ketones (excluding diaryl/α,β-unsaturated/α-hetero) is 1. The minimum atomic E-state index is 0.0644. The zero-order chi connectivity index (χ0) is 19.4. The van der Waals surface area contributed by atoms with Crippen LogP contribution in [0.1, 0.15) is 32.1 Å². The number of carbonyl (C=O) groups excluding carboxylic acids is 2. The van der Waals surface area contributed by atoms with E-state index in [9.17, 15) is 9.59 Å². The van der Waals surface area contributed by atoms with Crippen LogP contribution >= 0.6 is 0 Å². The largest absolute Gasteiger partial charge is 0.345 e. The minimum Gasteiger partial charge on any atom is -0.345 e. The van der Waals surface area contributed by atoms with Crippen molar-refractivity contribution < 1.29 is 9.59 Å². The zero-order valence-electron chi connectivity index (χ0n) is 16.1. The molecule has 27 heavy (non-hydrogen) atoms. The number of allylic oxidation sites excluding steroid dienone is 1. The van der Waals surface area contributed by atoms with Crippen LogP contribution < -0.4 is 0 Å². The SMILES string of the molecule is C=CCn1c(C)cc(C(=O)CN2CCN(C(=O)c3ccccc3)CC2)c1C. The quantitative estimate of drug-likeness (QED) is 0.584. The minimum absolute atomic E-state index is 0.0644. The number of ketones is 1. The van der Waals surface area contributed by atoms with E-state index in [-0.39, 0.29) is 11.7 Å². The van der Waals surface area contributed by atoms with Crippen LogP contribution in [0.5, 0.6) is 0 Å². The molecule has 3 rings (SSSR count). The van der Waals surface area contributed by atoms with E-state index >= 15 is 0 Å². The summed E-state index contributed by atoms with van der Waals surface area (Å²) in [7, 11) is 0. The van der Waals surface area contributed by atoms with Crippen LogP contribution in [0.2, 0.25) is 0 Å². The van der Waals surface area contributed by atoms with Crippen LogP contribution in [0.25, 0.3) is 0 Å². The first-order valence-corrected chi connectivity index (χ1v) is 9.38. The molecule has 0 unspecified atom stereocenters. The van der Waals surface area contributed by atoms with E-state index in [1.54, 1.807) is 0 Å². The van der Waals surface area contributed by atoms with Gasteiger partial charge in [0.25, 0.3) is 5.91 Å². The highest BCUT2D eigenvalue weighted by atomic mass is 16.2. The molecule has 2 aromatic rings. The predicted molar refractivity (Wildman–Crippen MR) is 107 cm³/mol. The molecule has 5 heteroatoms. The van der Waals surface area contributed by atoms with Gasteiger partial charge >= 0.3 is 0 Å². The van der Waals surface area contributed by atoms with Crippen molar-refractivity contribution in [1.82, 2.24) is 14.4 Å². The third-order valence-corrected chi connectivity index (χ3v) is 5.23. The number of rotatable bonds is 6. The van der Waals surface area contributed by atoms with Crippen molar-refractivity contribution in [2.75, 3.05) is 32.7 Å². The van der Waals surface area contributed by atoms with Crippen LogP contribution in [0.4, 0.5) is 0 Å². The number of hydrogen-bond acceptors (Lipinski definition) is 3. The molecule has 0 aliphatic carbocycles. The summed E-state index contributed by atoms with van der Waals surface area (Å²) in [6.07, 6.45) is 1.84. The molecule has 1 aliphatic rings. The Morgan fingerprint density at radius 2 is 1.74 bits per heavy atom. The average molecular weight is 365 g/mol. The summed E-state index contributed by atoms with van der Waals surface area (Å²) in [6.45, 7) is 11.6. The van der Waals surface area contributed by atoms with Gasteiger partial charge in [-0.2, -0.15) is 0 Å². The molecule has 1 amide bonds. The highest BCUT2D eigenvalue weighted by Gasteiger charge is 2.24. The van der Waals surface area contributed by atoms with Gasteiger partial charge in [-0.3, -0.25) is 14.5 Å². The number of aryl methyl sites for hydroxylation is 1. The number of benzene rings is 1. The third kappa shape index (κ3) is 4.19. The van der Waals surface area contributed by atoms with Gasteiger partial charge in [-0.1, -0.05) is 24.3 Å². The van der Waals surface area contributed by atoms with Crippen molar-refractivity contribution in [1.29, 1.82) is 0 Å². The van der Waals surface area contributed by atoms with Crippen molar-refractivity contribution in [3.05, 3.63) is 71.6 Å². The summed E-state index contributed by atoms with van der Waals surface area (Å²) in [5.41, 5.74) is 3.58. The maximum absolute atomic E-state index is 12.8. The second-order valence-corrected chi connectivity index (χ2v) is 7.04. The summed E-state index contributed by atoms with van der Waals surface area (Å²) in [5, 5.41) is 0. The molecule has 1 aliphatic heterocycles. The maximum atomic E-state index is 12.8. The highest BCUT2D eigenvalue weighted by molar-refractivity contribution is 5.99.